The van der Waals surface area contributed by atoms with Crippen molar-refractivity contribution < 1.29 is 19.1 Å². The molecule has 0 saturated heterocycles. The number of aryl methyl sites for hydroxylation is 1. The predicted octanol–water partition coefficient (Wildman–Crippen LogP) is 3.00. The first-order chi connectivity index (χ1) is 11.6. The molecule has 0 aliphatic rings. The number of benzene rings is 2. The van der Waals surface area contributed by atoms with Crippen molar-refractivity contribution >= 4 is 17.8 Å². The van der Waals surface area contributed by atoms with Crippen molar-refractivity contribution in [3.8, 4) is 11.5 Å². The molecular formula is C18H20N2O4. The molecule has 0 aromatic heterocycles. The fourth-order valence-electron chi connectivity index (χ4n) is 1.96. The SMILES string of the molecule is COc1ccc(/C=N\OCC(=O)Nc2ccc(C)cc2)cc1OC. The predicted molar refractivity (Wildman–Crippen MR) is 92.9 cm³/mol. The van der Waals surface area contributed by atoms with Crippen LogP contribution < -0.4 is 14.8 Å². The second-order valence-electron chi connectivity index (χ2n) is 5.04. The van der Waals surface area contributed by atoms with Crippen molar-refractivity contribution in [1.29, 1.82) is 0 Å². The van der Waals surface area contributed by atoms with Crippen molar-refractivity contribution in [1.82, 2.24) is 0 Å². The summed E-state index contributed by atoms with van der Waals surface area (Å²) in [5.41, 5.74) is 2.62. The van der Waals surface area contributed by atoms with Gasteiger partial charge < -0.3 is 19.6 Å². The largest absolute Gasteiger partial charge is 0.493 e. The summed E-state index contributed by atoms with van der Waals surface area (Å²) in [7, 11) is 3.13. The van der Waals surface area contributed by atoms with E-state index < -0.39 is 0 Å². The second kappa shape index (κ2) is 8.57. The van der Waals surface area contributed by atoms with Crippen LogP contribution in [0, 0.1) is 6.92 Å². The average molecular weight is 328 g/mol. The first-order valence-electron chi connectivity index (χ1n) is 7.36. The molecule has 2 aromatic carbocycles. The first kappa shape index (κ1) is 17.3. The summed E-state index contributed by atoms with van der Waals surface area (Å²) in [6, 6.07) is 12.8. The van der Waals surface area contributed by atoms with Gasteiger partial charge in [0.05, 0.1) is 20.4 Å². The number of rotatable bonds is 7. The van der Waals surface area contributed by atoms with E-state index >= 15 is 0 Å². The summed E-state index contributed by atoms with van der Waals surface area (Å²) in [5.74, 6) is 0.954. The zero-order valence-corrected chi connectivity index (χ0v) is 13.9. The van der Waals surface area contributed by atoms with Gasteiger partial charge in [0.1, 0.15) is 0 Å². The Hall–Kier alpha value is -3.02. The van der Waals surface area contributed by atoms with Crippen LogP contribution in [0.15, 0.2) is 47.6 Å². The van der Waals surface area contributed by atoms with Crippen LogP contribution in [0.1, 0.15) is 11.1 Å². The Balaban J connectivity index is 1.83. The summed E-state index contributed by atoms with van der Waals surface area (Å²) >= 11 is 0. The fraction of sp³-hybridized carbons (Fsp3) is 0.222. The Bertz CT molecular complexity index is 711. The standard InChI is InChI=1S/C18H20N2O4/c1-13-4-7-15(8-5-13)20-18(21)12-24-19-11-14-6-9-16(22-2)17(10-14)23-3/h4-11H,12H2,1-3H3,(H,20,21)/b19-11-. The minimum absolute atomic E-state index is 0.169. The van der Waals surface area contributed by atoms with Gasteiger partial charge >= 0.3 is 0 Å². The van der Waals surface area contributed by atoms with E-state index in [9.17, 15) is 4.79 Å². The van der Waals surface area contributed by atoms with Gasteiger partial charge in [-0.05, 0) is 37.3 Å². The quantitative estimate of drug-likeness (QED) is 0.626. The number of nitrogens with one attached hydrogen (secondary N) is 1. The smallest absolute Gasteiger partial charge is 0.265 e. The van der Waals surface area contributed by atoms with Gasteiger partial charge in [0.2, 0.25) is 0 Å². The Kier molecular flexibility index (Phi) is 6.19. The summed E-state index contributed by atoms with van der Waals surface area (Å²) < 4.78 is 10.4. The number of carbonyl (C=O) groups excluding carboxylic acids is 1. The molecule has 0 bridgehead atoms. The average Bonchev–Trinajstić information content (AvgIpc) is 2.60. The third-order valence-electron chi connectivity index (χ3n) is 3.21. The van der Waals surface area contributed by atoms with E-state index in [1.54, 1.807) is 32.4 Å². The van der Waals surface area contributed by atoms with Crippen LogP contribution in [0.2, 0.25) is 0 Å². The van der Waals surface area contributed by atoms with Crippen molar-refractivity contribution in [2.75, 3.05) is 26.1 Å². The minimum atomic E-state index is -0.275. The zero-order valence-electron chi connectivity index (χ0n) is 13.9. The summed E-state index contributed by atoms with van der Waals surface area (Å²) in [5, 5.41) is 6.51. The number of hydrogen-bond donors (Lipinski definition) is 1. The van der Waals surface area contributed by atoms with E-state index in [1.807, 2.05) is 31.2 Å². The van der Waals surface area contributed by atoms with Crippen LogP contribution in [0.4, 0.5) is 5.69 Å². The summed E-state index contributed by atoms with van der Waals surface area (Å²) in [6.07, 6.45) is 1.50. The van der Waals surface area contributed by atoms with E-state index in [0.717, 1.165) is 16.8 Å². The molecule has 1 amide bonds. The van der Waals surface area contributed by atoms with Gasteiger partial charge in [0, 0.05) is 11.3 Å². The van der Waals surface area contributed by atoms with Crippen LogP contribution >= 0.6 is 0 Å². The van der Waals surface area contributed by atoms with Gasteiger partial charge in [-0.3, -0.25) is 4.79 Å². The maximum Gasteiger partial charge on any atom is 0.265 e. The summed E-state index contributed by atoms with van der Waals surface area (Å²) in [4.78, 5) is 16.8. The molecule has 0 aliphatic carbocycles. The van der Waals surface area contributed by atoms with E-state index in [2.05, 4.69) is 10.5 Å². The molecular weight excluding hydrogens is 308 g/mol. The van der Waals surface area contributed by atoms with Crippen molar-refractivity contribution in [3.63, 3.8) is 0 Å². The van der Waals surface area contributed by atoms with E-state index in [0.29, 0.717) is 11.5 Å². The number of amides is 1. The lowest BCUT2D eigenvalue weighted by molar-refractivity contribution is -0.120. The first-order valence-corrected chi connectivity index (χ1v) is 7.36. The molecule has 2 rings (SSSR count). The lowest BCUT2D eigenvalue weighted by atomic mass is 10.2. The van der Waals surface area contributed by atoms with Gasteiger partial charge in [-0.25, -0.2) is 0 Å². The van der Waals surface area contributed by atoms with Gasteiger partial charge in [-0.1, -0.05) is 22.9 Å². The van der Waals surface area contributed by atoms with Gasteiger partial charge in [-0.15, -0.1) is 0 Å². The fourth-order valence-corrected chi connectivity index (χ4v) is 1.96. The number of methoxy groups -OCH3 is 2. The Morgan fingerprint density at radius 1 is 1.08 bits per heavy atom. The molecule has 0 atom stereocenters. The van der Waals surface area contributed by atoms with Crippen LogP contribution in [0.25, 0.3) is 0 Å². The van der Waals surface area contributed by atoms with E-state index in [1.165, 1.54) is 6.21 Å². The van der Waals surface area contributed by atoms with Crippen LogP contribution in [0.3, 0.4) is 0 Å². The van der Waals surface area contributed by atoms with Crippen LogP contribution in [-0.2, 0) is 9.63 Å². The highest BCUT2D eigenvalue weighted by Gasteiger charge is 2.04. The molecule has 6 heteroatoms. The Labute approximate surface area is 141 Å². The molecule has 0 heterocycles. The number of nitrogens with zero attached hydrogens (tertiary/aromatic N) is 1. The van der Waals surface area contributed by atoms with Gasteiger partial charge in [-0.2, -0.15) is 0 Å². The molecule has 126 valence electrons. The molecule has 1 N–H and O–H groups in total. The molecule has 24 heavy (non-hydrogen) atoms. The van der Waals surface area contributed by atoms with Crippen molar-refractivity contribution in [3.05, 3.63) is 53.6 Å². The maximum absolute atomic E-state index is 11.7. The number of oxime groups is 1. The molecule has 2 aromatic rings. The normalized spacial score (nSPS) is 10.5. The second-order valence-corrected chi connectivity index (χ2v) is 5.04. The highest BCUT2D eigenvalue weighted by Crippen LogP contribution is 2.26. The number of carbonyl (C=O) groups is 1. The topological polar surface area (TPSA) is 69.2 Å². The minimum Gasteiger partial charge on any atom is -0.493 e. The molecule has 0 unspecified atom stereocenters. The molecule has 0 saturated carbocycles. The van der Waals surface area contributed by atoms with E-state index in [-0.39, 0.29) is 12.5 Å². The highest BCUT2D eigenvalue weighted by molar-refractivity contribution is 5.91. The third kappa shape index (κ3) is 5.01. The number of ether oxygens (including phenoxy) is 2. The lowest BCUT2D eigenvalue weighted by Gasteiger charge is -2.07. The van der Waals surface area contributed by atoms with Crippen molar-refractivity contribution in [2.45, 2.75) is 6.92 Å². The molecule has 0 fully saturated rings. The summed E-state index contributed by atoms with van der Waals surface area (Å²) in [6.45, 7) is 1.81. The zero-order chi connectivity index (χ0) is 17.4. The number of anilines is 1. The van der Waals surface area contributed by atoms with Crippen molar-refractivity contribution in [2.24, 2.45) is 5.16 Å². The Morgan fingerprint density at radius 3 is 2.46 bits per heavy atom. The van der Waals surface area contributed by atoms with Gasteiger partial charge in [0.25, 0.3) is 5.91 Å². The molecule has 6 nitrogen and oxygen atoms in total. The van der Waals surface area contributed by atoms with Crippen LogP contribution in [-0.4, -0.2) is 32.9 Å². The molecule has 0 radical (unpaired) electrons. The molecule has 0 spiro atoms. The third-order valence-corrected chi connectivity index (χ3v) is 3.21. The molecule has 0 aliphatic heterocycles. The van der Waals surface area contributed by atoms with E-state index in [4.69, 9.17) is 14.3 Å². The Morgan fingerprint density at radius 2 is 1.79 bits per heavy atom. The highest BCUT2D eigenvalue weighted by atomic mass is 16.6. The lowest BCUT2D eigenvalue weighted by Crippen LogP contribution is -2.16. The van der Waals surface area contributed by atoms with Crippen LogP contribution in [0.5, 0.6) is 11.5 Å². The van der Waals surface area contributed by atoms with Gasteiger partial charge in [0.15, 0.2) is 18.1 Å². The number of hydrogen-bond acceptors (Lipinski definition) is 5. The monoisotopic (exact) mass is 328 g/mol. The maximum atomic E-state index is 11.7.